The third-order valence-corrected chi connectivity index (χ3v) is 4.94. The van der Waals surface area contributed by atoms with Gasteiger partial charge in [-0.1, -0.05) is 17.0 Å². The summed E-state index contributed by atoms with van der Waals surface area (Å²) < 4.78 is 11.0. The Morgan fingerprint density at radius 2 is 1.78 bits per heavy atom. The van der Waals surface area contributed by atoms with Crippen molar-refractivity contribution in [2.24, 2.45) is 5.16 Å². The molecule has 1 aromatic heterocycles. The largest absolute Gasteiger partial charge is 0.493 e. The van der Waals surface area contributed by atoms with Crippen LogP contribution in [0.2, 0.25) is 0 Å². The maximum Gasteiger partial charge on any atom is 0.362 e. The van der Waals surface area contributed by atoms with E-state index < -0.39 is 17.5 Å². The van der Waals surface area contributed by atoms with E-state index >= 15 is 0 Å². The molecule has 0 atom stereocenters. The summed E-state index contributed by atoms with van der Waals surface area (Å²) in [6, 6.07) is 9.74. The van der Waals surface area contributed by atoms with Gasteiger partial charge in [0.1, 0.15) is 12.9 Å². The molecule has 0 radical (unpaired) electrons. The lowest BCUT2D eigenvalue weighted by Crippen LogP contribution is -2.24. The number of ether oxygens (including phenoxy) is 2. The topological polar surface area (TPSA) is 172 Å². The summed E-state index contributed by atoms with van der Waals surface area (Å²) in [4.78, 5) is 36.0. The second-order valence-corrected chi connectivity index (χ2v) is 7.28. The van der Waals surface area contributed by atoms with Crippen LogP contribution in [-0.2, 0) is 16.1 Å². The molecule has 0 aliphatic carbocycles. The fourth-order valence-electron chi connectivity index (χ4n) is 3.26. The number of anilines is 2. The van der Waals surface area contributed by atoms with Crippen LogP contribution in [0.1, 0.15) is 32.6 Å². The number of carbonyl (C=O) groups is 2. The smallest absolute Gasteiger partial charge is 0.362 e. The first-order chi connectivity index (χ1) is 17.3. The number of ketones is 1. The predicted octanol–water partition coefficient (Wildman–Crippen LogP) is 1.92. The number of hydrogen-bond donors (Lipinski definition) is 3. The predicted molar refractivity (Wildman–Crippen MR) is 132 cm³/mol. The van der Waals surface area contributed by atoms with E-state index in [1.54, 1.807) is 18.3 Å². The molecule has 184 valence electrons. The number of oxime groups is 1. The van der Waals surface area contributed by atoms with Gasteiger partial charge < -0.3 is 30.9 Å². The standard InChI is InChI=1S/C25H23N5O6/c1-34-19-12-15(11-18-13-28-25(27)29-23(18)26)10-17(22(19)35-2)9-6-14-4-7-16(8-5-14)21(31)20(24(32)33)30-36-3/h4-5,7-8,10,12-13H,11H2,1-3H3,(H,32,33)(H4,26,27,28,29)/b30-20+. The van der Waals surface area contributed by atoms with Crippen molar-refractivity contribution in [2.45, 2.75) is 6.42 Å². The molecule has 3 rings (SSSR count). The molecular weight excluding hydrogens is 466 g/mol. The number of hydrogen-bond acceptors (Lipinski definition) is 10. The van der Waals surface area contributed by atoms with E-state index in [-0.39, 0.29) is 17.3 Å². The van der Waals surface area contributed by atoms with Gasteiger partial charge in [0, 0.05) is 29.3 Å². The Balaban J connectivity index is 1.93. The van der Waals surface area contributed by atoms with Crippen LogP contribution >= 0.6 is 0 Å². The Morgan fingerprint density at radius 3 is 2.36 bits per heavy atom. The molecule has 5 N–H and O–H groups in total. The summed E-state index contributed by atoms with van der Waals surface area (Å²) in [5, 5.41) is 12.4. The highest BCUT2D eigenvalue weighted by Gasteiger charge is 2.22. The second kappa shape index (κ2) is 11.3. The zero-order valence-corrected chi connectivity index (χ0v) is 19.7. The van der Waals surface area contributed by atoms with Crippen LogP contribution in [0.25, 0.3) is 0 Å². The molecule has 1 heterocycles. The zero-order chi connectivity index (χ0) is 26.2. The maximum absolute atomic E-state index is 12.4. The average molecular weight is 489 g/mol. The average Bonchev–Trinajstić information content (AvgIpc) is 2.87. The summed E-state index contributed by atoms with van der Waals surface area (Å²) in [6.07, 6.45) is 1.97. The number of Topliss-reactive ketones (excluding diaryl/α,β-unsaturated/α-hetero) is 1. The van der Waals surface area contributed by atoms with E-state index in [4.69, 9.17) is 26.0 Å². The van der Waals surface area contributed by atoms with Crippen molar-refractivity contribution in [3.05, 3.63) is 70.4 Å². The SMILES string of the molecule is CO/N=C(/C(=O)O)C(=O)c1ccc(C#Cc2cc(Cc3cnc(N)nc3N)cc(OC)c2OC)cc1. The van der Waals surface area contributed by atoms with Crippen LogP contribution < -0.4 is 20.9 Å². The summed E-state index contributed by atoms with van der Waals surface area (Å²) in [7, 11) is 4.19. The highest BCUT2D eigenvalue weighted by atomic mass is 16.6. The molecule has 11 nitrogen and oxygen atoms in total. The number of nitrogens with zero attached hydrogens (tertiary/aromatic N) is 3. The number of carboxylic acid groups (broad SMARTS) is 1. The molecular formula is C25H23N5O6. The molecule has 0 fully saturated rings. The number of carboxylic acids is 1. The van der Waals surface area contributed by atoms with Crippen LogP contribution in [0.15, 0.2) is 47.8 Å². The summed E-state index contributed by atoms with van der Waals surface area (Å²) in [5.41, 5.74) is 13.6. The zero-order valence-electron chi connectivity index (χ0n) is 19.7. The van der Waals surface area contributed by atoms with Crippen LogP contribution in [0.5, 0.6) is 11.5 Å². The van der Waals surface area contributed by atoms with Crippen molar-refractivity contribution in [3.8, 4) is 23.3 Å². The van der Waals surface area contributed by atoms with E-state index in [9.17, 15) is 9.59 Å². The van der Waals surface area contributed by atoms with Crippen LogP contribution in [0.3, 0.4) is 0 Å². The van der Waals surface area contributed by atoms with Gasteiger partial charge in [-0.15, -0.1) is 0 Å². The van der Waals surface area contributed by atoms with Gasteiger partial charge in [0.2, 0.25) is 17.4 Å². The number of nitrogen functional groups attached to an aromatic ring is 2. The van der Waals surface area contributed by atoms with Gasteiger partial charge in [-0.05, 0) is 42.0 Å². The Labute approximate surface area is 206 Å². The van der Waals surface area contributed by atoms with Gasteiger partial charge in [-0.2, -0.15) is 4.98 Å². The fraction of sp³-hybridized carbons (Fsp3) is 0.160. The Kier molecular flexibility index (Phi) is 8.04. The van der Waals surface area contributed by atoms with E-state index in [0.717, 1.165) is 12.7 Å². The minimum Gasteiger partial charge on any atom is -0.493 e. The van der Waals surface area contributed by atoms with Crippen molar-refractivity contribution in [2.75, 3.05) is 32.8 Å². The van der Waals surface area contributed by atoms with Gasteiger partial charge in [0.25, 0.3) is 0 Å². The van der Waals surface area contributed by atoms with Crippen molar-refractivity contribution in [1.82, 2.24) is 9.97 Å². The summed E-state index contributed by atoms with van der Waals surface area (Å²) >= 11 is 0. The molecule has 0 aliphatic heterocycles. The second-order valence-electron chi connectivity index (χ2n) is 7.28. The Morgan fingerprint density at radius 1 is 1.06 bits per heavy atom. The number of nitrogens with two attached hydrogens (primary N) is 2. The van der Waals surface area contributed by atoms with Crippen LogP contribution in [-0.4, -0.2) is 53.9 Å². The van der Waals surface area contributed by atoms with Gasteiger partial charge in [0.15, 0.2) is 11.5 Å². The lowest BCUT2D eigenvalue weighted by Gasteiger charge is -2.13. The molecule has 0 bridgehead atoms. The number of carbonyl (C=O) groups excluding carboxylic acids is 1. The summed E-state index contributed by atoms with van der Waals surface area (Å²) in [5.74, 6) is 5.09. The van der Waals surface area contributed by atoms with Crippen molar-refractivity contribution >= 4 is 29.2 Å². The lowest BCUT2D eigenvalue weighted by molar-refractivity contribution is -0.129. The minimum absolute atomic E-state index is 0.0907. The molecule has 0 saturated heterocycles. The number of aromatic nitrogens is 2. The molecule has 0 saturated carbocycles. The third kappa shape index (κ3) is 5.87. The number of rotatable bonds is 8. The monoisotopic (exact) mass is 489 g/mol. The third-order valence-electron chi connectivity index (χ3n) is 4.94. The molecule has 0 aliphatic rings. The van der Waals surface area contributed by atoms with Gasteiger partial charge in [0.05, 0.1) is 19.8 Å². The van der Waals surface area contributed by atoms with Crippen LogP contribution in [0.4, 0.5) is 11.8 Å². The van der Waals surface area contributed by atoms with E-state index in [1.807, 2.05) is 12.1 Å². The molecule has 2 aromatic carbocycles. The highest BCUT2D eigenvalue weighted by molar-refractivity contribution is 6.67. The molecule has 0 amide bonds. The van der Waals surface area contributed by atoms with Gasteiger partial charge >= 0.3 is 5.97 Å². The number of methoxy groups -OCH3 is 2. The Hall–Kier alpha value is -5.11. The Bertz CT molecular complexity index is 1390. The van der Waals surface area contributed by atoms with Crippen LogP contribution in [0, 0.1) is 11.8 Å². The van der Waals surface area contributed by atoms with E-state index in [1.165, 1.54) is 26.4 Å². The normalized spacial score (nSPS) is 10.7. The number of aliphatic carboxylic acids is 1. The van der Waals surface area contributed by atoms with Gasteiger partial charge in [-0.25, -0.2) is 9.78 Å². The molecule has 11 heteroatoms. The maximum atomic E-state index is 12.4. The lowest BCUT2D eigenvalue weighted by atomic mass is 10.0. The molecule has 0 spiro atoms. The fourth-order valence-corrected chi connectivity index (χ4v) is 3.26. The first-order valence-electron chi connectivity index (χ1n) is 10.4. The van der Waals surface area contributed by atoms with Crippen molar-refractivity contribution in [3.63, 3.8) is 0 Å². The quantitative estimate of drug-likeness (QED) is 0.139. The highest BCUT2D eigenvalue weighted by Crippen LogP contribution is 2.33. The molecule has 3 aromatic rings. The number of benzene rings is 2. The van der Waals surface area contributed by atoms with E-state index in [2.05, 4.69) is 31.8 Å². The summed E-state index contributed by atoms with van der Waals surface area (Å²) in [6.45, 7) is 0. The first kappa shape index (κ1) is 25.5. The molecule has 0 unspecified atom stereocenters. The van der Waals surface area contributed by atoms with Gasteiger partial charge in [-0.3, -0.25) is 4.79 Å². The van der Waals surface area contributed by atoms with Crippen molar-refractivity contribution in [1.29, 1.82) is 0 Å². The van der Waals surface area contributed by atoms with E-state index in [0.29, 0.717) is 34.6 Å². The molecule has 36 heavy (non-hydrogen) atoms. The van der Waals surface area contributed by atoms with Crippen molar-refractivity contribution < 1.29 is 29.0 Å². The minimum atomic E-state index is -1.49. The first-order valence-corrected chi connectivity index (χ1v) is 10.4.